The second kappa shape index (κ2) is 4.96. The van der Waals surface area contributed by atoms with Crippen LogP contribution in [0, 0.1) is 0 Å². The molecule has 0 spiro atoms. The topological polar surface area (TPSA) is 51.2 Å². The fourth-order valence-electron chi connectivity index (χ4n) is 1.84. The fourth-order valence-corrected chi connectivity index (χ4v) is 1.84. The maximum absolute atomic E-state index is 11.0. The number of aromatic nitrogens is 1. The van der Waals surface area contributed by atoms with E-state index in [1.807, 2.05) is 6.07 Å². The van der Waals surface area contributed by atoms with E-state index in [4.69, 9.17) is 0 Å². The van der Waals surface area contributed by atoms with Gasteiger partial charge >= 0.3 is 5.97 Å². The Balaban J connectivity index is 2.03. The molecule has 0 atom stereocenters. The van der Waals surface area contributed by atoms with Gasteiger partial charge in [0.1, 0.15) is 5.82 Å². The maximum Gasteiger partial charge on any atom is 0.305 e. The summed E-state index contributed by atoms with van der Waals surface area (Å²) in [6.07, 6.45) is 3.28. The number of rotatable bonds is 3. The number of nitrogens with one attached hydrogen (secondary N) is 1. The predicted octanol–water partition coefficient (Wildman–Crippen LogP) is 1.55. The largest absolute Gasteiger partial charge is 0.469 e. The second-order valence-electron chi connectivity index (χ2n) is 3.92. The highest BCUT2D eigenvalue weighted by Crippen LogP contribution is 2.20. The summed E-state index contributed by atoms with van der Waals surface area (Å²) in [7, 11) is 1.41. The number of hydrogen-bond donors (Lipinski definition) is 1. The first-order chi connectivity index (χ1) is 7.79. The van der Waals surface area contributed by atoms with Crippen molar-refractivity contribution in [3.63, 3.8) is 0 Å². The van der Waals surface area contributed by atoms with Crippen LogP contribution in [0.5, 0.6) is 0 Å². The zero-order valence-electron chi connectivity index (χ0n) is 9.45. The van der Waals surface area contributed by atoms with Crippen LogP contribution in [0.1, 0.15) is 24.1 Å². The third-order valence-corrected chi connectivity index (χ3v) is 2.76. The molecule has 86 valence electrons. The van der Waals surface area contributed by atoms with E-state index in [1.54, 1.807) is 0 Å². The van der Waals surface area contributed by atoms with E-state index >= 15 is 0 Å². The van der Waals surface area contributed by atoms with Crippen LogP contribution in [-0.2, 0) is 22.4 Å². The van der Waals surface area contributed by atoms with E-state index in [0.29, 0.717) is 12.8 Å². The van der Waals surface area contributed by atoms with Crippen molar-refractivity contribution in [1.29, 1.82) is 0 Å². The third kappa shape index (κ3) is 2.51. The molecule has 0 aliphatic carbocycles. The van der Waals surface area contributed by atoms with Gasteiger partial charge in [-0.25, -0.2) is 4.98 Å². The van der Waals surface area contributed by atoms with E-state index in [1.165, 1.54) is 12.7 Å². The van der Waals surface area contributed by atoms with Crippen molar-refractivity contribution < 1.29 is 9.53 Å². The van der Waals surface area contributed by atoms with Crippen LogP contribution in [0.4, 0.5) is 5.82 Å². The Bertz CT molecular complexity index is 391. The first-order valence-electron chi connectivity index (χ1n) is 5.59. The minimum Gasteiger partial charge on any atom is -0.469 e. The van der Waals surface area contributed by atoms with Crippen LogP contribution in [-0.4, -0.2) is 24.6 Å². The number of hydrogen-bond acceptors (Lipinski definition) is 4. The second-order valence-corrected chi connectivity index (χ2v) is 3.92. The quantitative estimate of drug-likeness (QED) is 0.785. The molecule has 4 heteroatoms. The van der Waals surface area contributed by atoms with E-state index in [9.17, 15) is 4.79 Å². The summed E-state index contributed by atoms with van der Waals surface area (Å²) in [5.74, 6) is 0.793. The first-order valence-corrected chi connectivity index (χ1v) is 5.59. The van der Waals surface area contributed by atoms with Crippen molar-refractivity contribution in [2.75, 3.05) is 19.0 Å². The Kier molecular flexibility index (Phi) is 3.39. The van der Waals surface area contributed by atoms with E-state index in [2.05, 4.69) is 21.1 Å². The molecule has 4 nitrogen and oxygen atoms in total. The minimum atomic E-state index is -0.188. The lowest BCUT2D eigenvalue weighted by atomic mass is 10.1. The van der Waals surface area contributed by atoms with Crippen LogP contribution in [0.2, 0.25) is 0 Å². The summed E-state index contributed by atoms with van der Waals surface area (Å²) < 4.78 is 4.60. The molecule has 0 bridgehead atoms. The Labute approximate surface area is 95.0 Å². The zero-order valence-corrected chi connectivity index (χ0v) is 9.45. The molecule has 2 heterocycles. The molecule has 16 heavy (non-hydrogen) atoms. The maximum atomic E-state index is 11.0. The number of carbonyl (C=O) groups is 1. The Hall–Kier alpha value is -1.58. The smallest absolute Gasteiger partial charge is 0.305 e. The standard InChI is InChI=1S/C12H16N2O2/c1-16-11(15)7-6-10-5-4-9-3-2-8-13-12(9)14-10/h4-5H,2-3,6-8H2,1H3,(H,13,14). The van der Waals surface area contributed by atoms with Crippen LogP contribution >= 0.6 is 0 Å². The molecule has 0 saturated carbocycles. The lowest BCUT2D eigenvalue weighted by molar-refractivity contribution is -0.140. The number of anilines is 1. The zero-order chi connectivity index (χ0) is 11.4. The number of methoxy groups -OCH3 is 1. The SMILES string of the molecule is COC(=O)CCc1ccc2c(n1)NCCC2. The van der Waals surface area contributed by atoms with Gasteiger partial charge in [0, 0.05) is 18.7 Å². The number of ether oxygens (including phenoxy) is 1. The average Bonchev–Trinajstić information content (AvgIpc) is 2.35. The summed E-state index contributed by atoms with van der Waals surface area (Å²) in [6, 6.07) is 4.09. The first kappa shape index (κ1) is 10.9. The van der Waals surface area contributed by atoms with Gasteiger partial charge in [-0.05, 0) is 24.5 Å². The van der Waals surface area contributed by atoms with Gasteiger partial charge in [-0.1, -0.05) is 6.07 Å². The van der Waals surface area contributed by atoms with Gasteiger partial charge in [-0.3, -0.25) is 4.79 Å². The summed E-state index contributed by atoms with van der Waals surface area (Å²) >= 11 is 0. The molecule has 0 unspecified atom stereocenters. The van der Waals surface area contributed by atoms with Crippen molar-refractivity contribution in [1.82, 2.24) is 4.98 Å². The average molecular weight is 220 g/mol. The van der Waals surface area contributed by atoms with Crippen molar-refractivity contribution in [3.8, 4) is 0 Å². The Morgan fingerprint density at radius 2 is 2.44 bits per heavy atom. The van der Waals surface area contributed by atoms with E-state index in [0.717, 1.165) is 30.9 Å². The molecule has 0 saturated heterocycles. The van der Waals surface area contributed by atoms with Gasteiger partial charge in [0.05, 0.1) is 13.5 Å². The summed E-state index contributed by atoms with van der Waals surface area (Å²) in [5, 5.41) is 3.28. The number of nitrogens with zero attached hydrogens (tertiary/aromatic N) is 1. The van der Waals surface area contributed by atoms with Gasteiger partial charge in [0.25, 0.3) is 0 Å². The van der Waals surface area contributed by atoms with E-state index in [-0.39, 0.29) is 5.97 Å². The number of aryl methyl sites for hydroxylation is 2. The van der Waals surface area contributed by atoms with Crippen LogP contribution in [0.3, 0.4) is 0 Å². The molecule has 1 aliphatic rings. The normalized spacial score (nSPS) is 13.8. The lowest BCUT2D eigenvalue weighted by Gasteiger charge is -2.17. The molecule has 2 rings (SSSR count). The van der Waals surface area contributed by atoms with Crippen molar-refractivity contribution in [3.05, 3.63) is 23.4 Å². The van der Waals surface area contributed by atoms with Gasteiger partial charge in [-0.2, -0.15) is 0 Å². The number of pyridine rings is 1. The third-order valence-electron chi connectivity index (χ3n) is 2.76. The minimum absolute atomic E-state index is 0.188. The summed E-state index contributed by atoms with van der Waals surface area (Å²) in [5.41, 5.74) is 2.21. The highest BCUT2D eigenvalue weighted by Gasteiger charge is 2.10. The van der Waals surface area contributed by atoms with Crippen LogP contribution in [0.25, 0.3) is 0 Å². The molecular formula is C12H16N2O2. The lowest BCUT2D eigenvalue weighted by Crippen LogP contribution is -2.14. The van der Waals surface area contributed by atoms with E-state index < -0.39 is 0 Å². The molecule has 0 amide bonds. The van der Waals surface area contributed by atoms with Crippen molar-refractivity contribution >= 4 is 11.8 Å². The number of esters is 1. The summed E-state index contributed by atoms with van der Waals surface area (Å²) in [4.78, 5) is 15.5. The van der Waals surface area contributed by atoms with Gasteiger partial charge < -0.3 is 10.1 Å². The number of carbonyl (C=O) groups excluding carboxylic acids is 1. The van der Waals surface area contributed by atoms with Gasteiger partial charge in [-0.15, -0.1) is 0 Å². The monoisotopic (exact) mass is 220 g/mol. The molecule has 1 aliphatic heterocycles. The predicted molar refractivity (Wildman–Crippen MR) is 61.4 cm³/mol. The fraction of sp³-hybridized carbons (Fsp3) is 0.500. The van der Waals surface area contributed by atoms with Crippen molar-refractivity contribution in [2.45, 2.75) is 25.7 Å². The van der Waals surface area contributed by atoms with Crippen LogP contribution in [0.15, 0.2) is 12.1 Å². The Morgan fingerprint density at radius 1 is 1.56 bits per heavy atom. The molecule has 1 aromatic heterocycles. The molecule has 0 aromatic carbocycles. The number of fused-ring (bicyclic) bond motifs is 1. The molecule has 0 radical (unpaired) electrons. The van der Waals surface area contributed by atoms with Gasteiger partial charge in [0.2, 0.25) is 0 Å². The molecule has 1 N–H and O–H groups in total. The molecule has 0 fully saturated rings. The Morgan fingerprint density at radius 3 is 3.25 bits per heavy atom. The molecular weight excluding hydrogens is 204 g/mol. The highest BCUT2D eigenvalue weighted by molar-refractivity contribution is 5.69. The van der Waals surface area contributed by atoms with Crippen LogP contribution < -0.4 is 5.32 Å². The highest BCUT2D eigenvalue weighted by atomic mass is 16.5. The summed E-state index contributed by atoms with van der Waals surface area (Å²) in [6.45, 7) is 0.987. The van der Waals surface area contributed by atoms with Crippen molar-refractivity contribution in [2.24, 2.45) is 0 Å². The van der Waals surface area contributed by atoms with Gasteiger partial charge in [0.15, 0.2) is 0 Å². The molecule has 1 aromatic rings.